The van der Waals surface area contributed by atoms with Crippen LogP contribution in [0.1, 0.15) is 72.1 Å². The summed E-state index contributed by atoms with van der Waals surface area (Å²) in [5.41, 5.74) is 0. The topological polar surface area (TPSA) is 17.1 Å². The third-order valence-electron chi connectivity index (χ3n) is 3.83. The minimum Gasteiger partial charge on any atom is -0.299 e. The van der Waals surface area contributed by atoms with E-state index < -0.39 is 0 Å². The normalized spacial score (nSPS) is 26.4. The molecular formula is C15H28O. The van der Waals surface area contributed by atoms with E-state index in [0.29, 0.717) is 11.7 Å². The number of unbranched alkanes of at least 4 members (excludes halogenated alkanes) is 2. The van der Waals surface area contributed by atoms with Crippen LogP contribution in [-0.2, 0) is 4.79 Å². The minimum absolute atomic E-state index is 0.407. The summed E-state index contributed by atoms with van der Waals surface area (Å²) < 4.78 is 0. The number of hydrogen-bond donors (Lipinski definition) is 0. The summed E-state index contributed by atoms with van der Waals surface area (Å²) in [6.45, 7) is 6.81. The van der Waals surface area contributed by atoms with Gasteiger partial charge in [0.2, 0.25) is 0 Å². The van der Waals surface area contributed by atoms with Gasteiger partial charge in [0.25, 0.3) is 0 Å². The second-order valence-corrected chi connectivity index (χ2v) is 5.93. The van der Waals surface area contributed by atoms with Crippen molar-refractivity contribution in [2.45, 2.75) is 72.1 Å². The maximum Gasteiger partial charge on any atom is 0.135 e. The minimum atomic E-state index is 0.407. The molecule has 1 aliphatic carbocycles. The van der Waals surface area contributed by atoms with Crippen molar-refractivity contribution in [3.63, 3.8) is 0 Å². The molecular weight excluding hydrogens is 196 g/mol. The molecule has 94 valence electrons. The molecule has 2 unspecified atom stereocenters. The molecule has 0 N–H and O–H groups in total. The second kappa shape index (κ2) is 7.09. The number of carbonyl (C=O) groups is 1. The van der Waals surface area contributed by atoms with Crippen molar-refractivity contribution in [1.29, 1.82) is 0 Å². The number of rotatable bonds is 6. The molecule has 0 radical (unpaired) electrons. The van der Waals surface area contributed by atoms with E-state index in [1.165, 1.54) is 32.1 Å². The van der Waals surface area contributed by atoms with E-state index in [1.807, 2.05) is 0 Å². The average Bonchev–Trinajstić information content (AvgIpc) is 2.22. The predicted molar refractivity (Wildman–Crippen MR) is 69.4 cm³/mol. The van der Waals surface area contributed by atoms with Gasteiger partial charge in [-0.1, -0.05) is 40.0 Å². The Morgan fingerprint density at radius 2 is 2.06 bits per heavy atom. The van der Waals surface area contributed by atoms with Crippen LogP contribution in [0, 0.1) is 17.8 Å². The Hall–Kier alpha value is -0.330. The van der Waals surface area contributed by atoms with Gasteiger partial charge in [-0.25, -0.2) is 0 Å². The molecule has 1 aliphatic rings. The molecule has 16 heavy (non-hydrogen) atoms. The zero-order valence-electron chi connectivity index (χ0n) is 11.3. The number of carbonyl (C=O) groups excluding carboxylic acids is 1. The first kappa shape index (κ1) is 13.7. The summed E-state index contributed by atoms with van der Waals surface area (Å²) in [6, 6.07) is 0. The molecule has 0 amide bonds. The molecule has 0 saturated heterocycles. The second-order valence-electron chi connectivity index (χ2n) is 5.93. The molecule has 0 bridgehead atoms. The first-order chi connectivity index (χ1) is 7.63. The van der Waals surface area contributed by atoms with Gasteiger partial charge in [-0.2, -0.15) is 0 Å². The van der Waals surface area contributed by atoms with Crippen LogP contribution in [0.5, 0.6) is 0 Å². The van der Waals surface area contributed by atoms with Gasteiger partial charge in [0, 0.05) is 12.3 Å². The molecule has 1 heteroatoms. The molecule has 0 aromatic rings. The highest BCUT2D eigenvalue weighted by atomic mass is 16.1. The van der Waals surface area contributed by atoms with Crippen molar-refractivity contribution in [1.82, 2.24) is 0 Å². The third-order valence-corrected chi connectivity index (χ3v) is 3.83. The van der Waals surface area contributed by atoms with Crippen molar-refractivity contribution in [2.75, 3.05) is 0 Å². The van der Waals surface area contributed by atoms with Gasteiger partial charge in [0.1, 0.15) is 5.78 Å². The van der Waals surface area contributed by atoms with Gasteiger partial charge >= 0.3 is 0 Å². The third kappa shape index (κ3) is 4.67. The molecule has 0 heterocycles. The summed E-state index contributed by atoms with van der Waals surface area (Å²) in [5.74, 6) is 2.57. The summed E-state index contributed by atoms with van der Waals surface area (Å²) >= 11 is 0. The van der Waals surface area contributed by atoms with E-state index in [-0.39, 0.29) is 0 Å². The Morgan fingerprint density at radius 1 is 1.31 bits per heavy atom. The molecule has 0 aliphatic heterocycles. The lowest BCUT2D eigenvalue weighted by molar-refractivity contribution is -0.126. The Morgan fingerprint density at radius 3 is 2.69 bits per heavy atom. The van der Waals surface area contributed by atoms with E-state index in [2.05, 4.69) is 20.8 Å². The lowest BCUT2D eigenvalue weighted by Crippen LogP contribution is -2.25. The highest BCUT2D eigenvalue weighted by molar-refractivity contribution is 5.81. The lowest BCUT2D eigenvalue weighted by atomic mass is 9.75. The molecule has 1 fully saturated rings. The average molecular weight is 224 g/mol. The first-order valence-corrected chi connectivity index (χ1v) is 7.16. The van der Waals surface area contributed by atoms with Crippen LogP contribution < -0.4 is 0 Å². The fourth-order valence-electron chi connectivity index (χ4n) is 3.00. The van der Waals surface area contributed by atoms with Gasteiger partial charge in [0.15, 0.2) is 0 Å². The van der Waals surface area contributed by atoms with Crippen molar-refractivity contribution in [3.05, 3.63) is 0 Å². The summed E-state index contributed by atoms with van der Waals surface area (Å²) in [6.07, 6.45) is 9.46. The van der Waals surface area contributed by atoms with Crippen LogP contribution in [0.2, 0.25) is 0 Å². The summed E-state index contributed by atoms with van der Waals surface area (Å²) in [5, 5.41) is 0. The fourth-order valence-corrected chi connectivity index (χ4v) is 3.00. The molecule has 2 atom stereocenters. The number of Topliss-reactive ketones (excluding diaryl/α,β-unsaturated/α-hetero) is 1. The Bertz CT molecular complexity index is 207. The van der Waals surface area contributed by atoms with Crippen LogP contribution in [0.15, 0.2) is 0 Å². The highest BCUT2D eigenvalue weighted by Crippen LogP contribution is 2.33. The van der Waals surface area contributed by atoms with Crippen LogP contribution >= 0.6 is 0 Å². The van der Waals surface area contributed by atoms with Crippen LogP contribution in [0.4, 0.5) is 0 Å². The molecule has 0 aromatic heterocycles. The van der Waals surface area contributed by atoms with Gasteiger partial charge in [-0.15, -0.1) is 0 Å². The van der Waals surface area contributed by atoms with E-state index in [0.717, 1.165) is 31.1 Å². The van der Waals surface area contributed by atoms with Crippen LogP contribution in [0.25, 0.3) is 0 Å². The highest BCUT2D eigenvalue weighted by Gasteiger charge is 2.28. The monoisotopic (exact) mass is 224 g/mol. The van der Waals surface area contributed by atoms with Crippen molar-refractivity contribution in [3.8, 4) is 0 Å². The first-order valence-electron chi connectivity index (χ1n) is 7.16. The smallest absolute Gasteiger partial charge is 0.135 e. The zero-order valence-corrected chi connectivity index (χ0v) is 11.3. The number of hydrogen-bond acceptors (Lipinski definition) is 1. The van der Waals surface area contributed by atoms with Crippen LogP contribution in [-0.4, -0.2) is 5.78 Å². The molecule has 1 saturated carbocycles. The Labute approximate surface area is 101 Å². The van der Waals surface area contributed by atoms with Gasteiger partial charge < -0.3 is 0 Å². The predicted octanol–water partition coefficient (Wildman–Crippen LogP) is 4.60. The van der Waals surface area contributed by atoms with E-state index in [1.54, 1.807) is 0 Å². The van der Waals surface area contributed by atoms with E-state index in [4.69, 9.17) is 0 Å². The van der Waals surface area contributed by atoms with Crippen molar-refractivity contribution in [2.24, 2.45) is 17.8 Å². The van der Waals surface area contributed by atoms with E-state index >= 15 is 0 Å². The largest absolute Gasteiger partial charge is 0.299 e. The number of ketones is 1. The van der Waals surface area contributed by atoms with Gasteiger partial charge in [-0.05, 0) is 37.5 Å². The standard InChI is InChI=1S/C15H28O/c1-4-5-6-7-14-11-13(10-12(2)3)8-9-15(14)16/h12-14H,4-11H2,1-3H3. The molecule has 0 spiro atoms. The Kier molecular flexibility index (Phi) is 6.08. The maximum atomic E-state index is 11.8. The van der Waals surface area contributed by atoms with Crippen molar-refractivity contribution < 1.29 is 4.79 Å². The SMILES string of the molecule is CCCCCC1CC(CC(C)C)CCC1=O. The maximum absolute atomic E-state index is 11.8. The molecule has 1 nitrogen and oxygen atoms in total. The lowest BCUT2D eigenvalue weighted by Gasteiger charge is -2.29. The quantitative estimate of drug-likeness (QED) is 0.603. The zero-order chi connectivity index (χ0) is 12.0. The van der Waals surface area contributed by atoms with Crippen LogP contribution in [0.3, 0.4) is 0 Å². The van der Waals surface area contributed by atoms with Gasteiger partial charge in [0.05, 0.1) is 0 Å². The summed E-state index contributed by atoms with van der Waals surface area (Å²) in [4.78, 5) is 11.8. The molecule has 1 rings (SSSR count). The van der Waals surface area contributed by atoms with Crippen molar-refractivity contribution >= 4 is 5.78 Å². The summed E-state index contributed by atoms with van der Waals surface area (Å²) in [7, 11) is 0. The fraction of sp³-hybridized carbons (Fsp3) is 0.933. The van der Waals surface area contributed by atoms with E-state index in [9.17, 15) is 4.79 Å². The molecule has 0 aromatic carbocycles. The van der Waals surface area contributed by atoms with Gasteiger partial charge in [-0.3, -0.25) is 4.79 Å². The Balaban J connectivity index is 2.33.